The summed E-state index contributed by atoms with van der Waals surface area (Å²) in [4.78, 5) is 38.4. The van der Waals surface area contributed by atoms with Crippen LogP contribution in [0.4, 0.5) is 0 Å². The lowest BCUT2D eigenvalue weighted by molar-refractivity contribution is -0.154. The highest BCUT2D eigenvalue weighted by Crippen LogP contribution is 2.45. The van der Waals surface area contributed by atoms with E-state index in [1.54, 1.807) is 19.1 Å². The third-order valence-electron chi connectivity index (χ3n) is 5.65. The molecule has 1 saturated carbocycles. The maximum atomic E-state index is 13.6. The number of nitrogens with zero attached hydrogens (tertiary/aromatic N) is 1. The monoisotopic (exact) mass is 543 g/mol. The van der Waals surface area contributed by atoms with E-state index in [0.717, 1.165) is 19.3 Å². The molecule has 2 fully saturated rings. The van der Waals surface area contributed by atoms with Gasteiger partial charge in [0.05, 0.1) is 6.61 Å². The molecule has 14 heteroatoms. The topological polar surface area (TPSA) is 147 Å². The molecule has 1 aromatic heterocycles. The highest BCUT2D eigenvalue weighted by Gasteiger charge is 2.37. The van der Waals surface area contributed by atoms with Crippen molar-refractivity contribution < 1.29 is 32.6 Å². The Labute approximate surface area is 211 Å². The van der Waals surface area contributed by atoms with E-state index < -0.39 is 43.5 Å². The van der Waals surface area contributed by atoms with Crippen LogP contribution < -0.4 is 20.9 Å². The first-order valence-corrected chi connectivity index (χ1v) is 13.3. The quantitative estimate of drug-likeness (QED) is 0.338. The molecule has 2 aliphatic rings. The molecule has 4 rings (SSSR count). The number of aromatic amines is 1. The molecule has 1 aliphatic heterocycles. The molecule has 36 heavy (non-hydrogen) atoms. The van der Waals surface area contributed by atoms with Crippen LogP contribution in [0.1, 0.15) is 38.0 Å². The van der Waals surface area contributed by atoms with Gasteiger partial charge < -0.3 is 18.7 Å². The summed E-state index contributed by atoms with van der Waals surface area (Å²) in [6, 6.07) is 5.10. The fourth-order valence-corrected chi connectivity index (χ4v) is 5.01. The summed E-state index contributed by atoms with van der Waals surface area (Å²) in [5, 5.41) is 3.05. The maximum Gasteiger partial charge on any atom is 0.459 e. The van der Waals surface area contributed by atoms with Gasteiger partial charge in [-0.05, 0) is 57.4 Å². The highest BCUT2D eigenvalue weighted by molar-refractivity contribution is 7.52. The van der Waals surface area contributed by atoms with Gasteiger partial charge in [0.25, 0.3) is 5.56 Å². The van der Waals surface area contributed by atoms with Crippen LogP contribution in [0.25, 0.3) is 0 Å². The second-order valence-corrected chi connectivity index (χ2v) is 10.6. The lowest BCUT2D eigenvalue weighted by Crippen LogP contribution is -2.38. The number of aromatic nitrogens is 2. The van der Waals surface area contributed by atoms with E-state index in [-0.39, 0.29) is 25.1 Å². The summed E-state index contributed by atoms with van der Waals surface area (Å²) in [6.45, 7) is 2.68. The van der Waals surface area contributed by atoms with Crippen molar-refractivity contribution in [3.63, 3.8) is 0 Å². The zero-order valence-electron chi connectivity index (χ0n) is 19.7. The van der Waals surface area contributed by atoms with Gasteiger partial charge in [-0.2, -0.15) is 5.09 Å². The van der Waals surface area contributed by atoms with Gasteiger partial charge in [0, 0.05) is 16.8 Å². The number of hydrogen-bond acceptors (Lipinski definition) is 9. The van der Waals surface area contributed by atoms with Crippen LogP contribution in [0, 0.1) is 6.92 Å². The zero-order valence-corrected chi connectivity index (χ0v) is 21.3. The number of rotatable bonds is 10. The second-order valence-electron chi connectivity index (χ2n) is 8.51. The molecule has 12 nitrogen and oxygen atoms in total. The Morgan fingerprint density at radius 1 is 1.31 bits per heavy atom. The Morgan fingerprint density at radius 2 is 2.03 bits per heavy atom. The molecule has 1 aromatic carbocycles. The predicted molar refractivity (Wildman–Crippen MR) is 128 cm³/mol. The van der Waals surface area contributed by atoms with Crippen LogP contribution in [0.2, 0.25) is 5.02 Å². The molecular weight excluding hydrogens is 517 g/mol. The van der Waals surface area contributed by atoms with Gasteiger partial charge in [0.15, 0.2) is 12.5 Å². The molecule has 0 radical (unpaired) electrons. The molecule has 2 aromatic rings. The number of halogens is 1. The van der Waals surface area contributed by atoms with Crippen molar-refractivity contribution in [2.24, 2.45) is 0 Å². The number of carbonyl (C=O) groups is 1. The van der Waals surface area contributed by atoms with Crippen LogP contribution in [-0.2, 0) is 28.1 Å². The first kappa shape index (κ1) is 26.6. The minimum absolute atomic E-state index is 0.0146. The Kier molecular flexibility index (Phi) is 8.34. The molecule has 0 bridgehead atoms. The summed E-state index contributed by atoms with van der Waals surface area (Å²) in [7, 11) is -4.14. The number of benzene rings is 1. The smallest absolute Gasteiger partial charge is 0.459 e. The van der Waals surface area contributed by atoms with Gasteiger partial charge in [-0.25, -0.2) is 9.36 Å². The number of carbonyl (C=O) groups excluding carboxylic acids is 1. The Bertz CT molecular complexity index is 1240. The van der Waals surface area contributed by atoms with Crippen molar-refractivity contribution in [3.05, 3.63) is 61.9 Å². The summed E-state index contributed by atoms with van der Waals surface area (Å²) in [6.07, 6.45) is 1.97. The van der Waals surface area contributed by atoms with Crippen LogP contribution in [0.15, 0.2) is 40.1 Å². The van der Waals surface area contributed by atoms with E-state index in [0.29, 0.717) is 10.6 Å². The van der Waals surface area contributed by atoms with E-state index >= 15 is 0 Å². The number of ether oxygens (including phenoxy) is 3. The van der Waals surface area contributed by atoms with E-state index in [4.69, 9.17) is 34.9 Å². The third-order valence-corrected chi connectivity index (χ3v) is 7.55. The van der Waals surface area contributed by atoms with Crippen LogP contribution >= 0.6 is 19.3 Å². The Hall–Kier alpha value is -2.47. The lowest BCUT2D eigenvalue weighted by atomic mass is 9.96. The third kappa shape index (κ3) is 6.64. The fourth-order valence-electron chi connectivity index (χ4n) is 3.40. The molecule has 196 valence electrons. The second kappa shape index (κ2) is 11.3. The molecule has 2 N–H and O–H groups in total. The molecule has 2 heterocycles. The van der Waals surface area contributed by atoms with Gasteiger partial charge in [-0.1, -0.05) is 11.6 Å². The van der Waals surface area contributed by atoms with Gasteiger partial charge in [0.1, 0.15) is 24.5 Å². The van der Waals surface area contributed by atoms with E-state index in [1.165, 1.54) is 29.8 Å². The Balaban J connectivity index is 1.42. The summed E-state index contributed by atoms with van der Waals surface area (Å²) in [5.74, 6) is -0.388. The Morgan fingerprint density at radius 3 is 2.69 bits per heavy atom. The molecule has 1 saturated heterocycles. The average Bonchev–Trinajstić information content (AvgIpc) is 3.27. The minimum atomic E-state index is -4.14. The molecule has 1 unspecified atom stereocenters. The largest absolute Gasteiger partial charge is 0.461 e. The number of esters is 1. The number of H-pyrrole nitrogens is 1. The first-order valence-electron chi connectivity index (χ1n) is 11.4. The van der Waals surface area contributed by atoms with E-state index in [9.17, 15) is 18.9 Å². The van der Waals surface area contributed by atoms with Crippen molar-refractivity contribution in [3.8, 4) is 5.75 Å². The first-order chi connectivity index (χ1) is 17.1. The van der Waals surface area contributed by atoms with Crippen molar-refractivity contribution in [1.29, 1.82) is 0 Å². The van der Waals surface area contributed by atoms with Gasteiger partial charge in [0.2, 0.25) is 0 Å². The number of hydrogen-bond donors (Lipinski definition) is 2. The molecule has 0 amide bonds. The minimum Gasteiger partial charge on any atom is -0.461 e. The summed E-state index contributed by atoms with van der Waals surface area (Å²) >= 11 is 5.91. The number of aryl methyl sites for hydroxylation is 1. The average molecular weight is 544 g/mol. The van der Waals surface area contributed by atoms with E-state index in [1.807, 2.05) is 0 Å². The summed E-state index contributed by atoms with van der Waals surface area (Å²) in [5.41, 5.74) is -0.824. The summed E-state index contributed by atoms with van der Waals surface area (Å²) < 4.78 is 42.5. The molecular formula is C22H27ClN3O9P. The normalized spacial score (nSPS) is 22.4. The van der Waals surface area contributed by atoms with Crippen LogP contribution in [-0.4, -0.2) is 47.2 Å². The highest BCUT2D eigenvalue weighted by atomic mass is 35.5. The maximum absolute atomic E-state index is 13.6. The van der Waals surface area contributed by atoms with Crippen LogP contribution in [0.5, 0.6) is 5.75 Å². The van der Waals surface area contributed by atoms with Gasteiger partial charge >= 0.3 is 19.4 Å². The van der Waals surface area contributed by atoms with Crippen LogP contribution in [0.3, 0.4) is 0 Å². The SMILES string of the molecule is Cc1cn([C@H]2CO[C@@H](COP(=O)(N[C@@H](C)C(=O)OC3CCC3)Oc3ccc(Cl)cc3)O2)c(=O)[nH]c1=O. The van der Waals surface area contributed by atoms with Gasteiger partial charge in [-0.15, -0.1) is 0 Å². The molecule has 4 atom stereocenters. The lowest BCUT2D eigenvalue weighted by Gasteiger charge is -2.28. The van der Waals surface area contributed by atoms with Crippen molar-refractivity contribution in [1.82, 2.24) is 14.6 Å². The zero-order chi connectivity index (χ0) is 25.9. The predicted octanol–water partition coefficient (Wildman–Crippen LogP) is 2.65. The molecule has 1 aliphatic carbocycles. The van der Waals surface area contributed by atoms with E-state index in [2.05, 4.69) is 10.1 Å². The number of nitrogens with one attached hydrogen (secondary N) is 2. The molecule has 0 spiro atoms. The van der Waals surface area contributed by atoms with Gasteiger partial charge in [-0.3, -0.25) is 23.7 Å². The van der Waals surface area contributed by atoms with Crippen molar-refractivity contribution in [2.45, 2.75) is 57.8 Å². The van der Waals surface area contributed by atoms with Crippen molar-refractivity contribution in [2.75, 3.05) is 13.2 Å². The fraction of sp³-hybridized carbons (Fsp3) is 0.500. The standard InChI is InChI=1S/C22H27ClN3O9P/c1-13-10-26(22(29)24-20(13)27)18-11-31-19(34-18)12-32-36(30,35-17-8-6-15(23)7-9-17)25-14(2)21(28)33-16-4-3-5-16/h6-10,14,16,18-19H,3-5,11-12H2,1-2H3,(H,25,30)(H,24,27,29)/t14-,18+,19+,36?/m0/s1. The van der Waals surface area contributed by atoms with Crippen molar-refractivity contribution >= 4 is 25.3 Å².